The number of esters is 1. The third-order valence-electron chi connectivity index (χ3n) is 2.11. The van der Waals surface area contributed by atoms with Crippen molar-refractivity contribution in [2.45, 2.75) is 11.8 Å². The van der Waals surface area contributed by atoms with Crippen LogP contribution in [-0.4, -0.2) is 33.9 Å². The molecule has 2 N–H and O–H groups in total. The van der Waals surface area contributed by atoms with Gasteiger partial charge in [0.2, 0.25) is 10.0 Å². The van der Waals surface area contributed by atoms with Crippen LogP contribution in [0.15, 0.2) is 23.1 Å². The molecule has 0 aromatic heterocycles. The number of hydrogen-bond donors (Lipinski definition) is 1. The molecule has 0 bridgehead atoms. The lowest BCUT2D eigenvalue weighted by Gasteiger charge is -2.08. The number of sulfonamides is 1. The zero-order valence-corrected chi connectivity index (χ0v) is 11.2. The third-order valence-corrected chi connectivity index (χ3v) is 3.04. The van der Waals surface area contributed by atoms with E-state index in [1.807, 2.05) is 0 Å². The highest BCUT2D eigenvalue weighted by Crippen LogP contribution is 2.24. The summed E-state index contributed by atoms with van der Waals surface area (Å²) in [6.45, 7) is 0.882. The van der Waals surface area contributed by atoms with E-state index in [-0.39, 0.29) is 28.6 Å². The van der Waals surface area contributed by atoms with E-state index in [2.05, 4.69) is 4.74 Å². The molecule has 19 heavy (non-hydrogen) atoms. The third kappa shape index (κ3) is 4.04. The summed E-state index contributed by atoms with van der Waals surface area (Å²) in [4.78, 5) is 21.9. The second-order valence-electron chi connectivity index (χ2n) is 3.69. The van der Waals surface area contributed by atoms with Gasteiger partial charge >= 0.3 is 5.97 Å². The highest BCUT2D eigenvalue weighted by Gasteiger charge is 2.18. The number of rotatable bonds is 5. The molecule has 0 spiro atoms. The van der Waals surface area contributed by atoms with Gasteiger partial charge in [-0.1, -0.05) is 0 Å². The number of methoxy groups -OCH3 is 1. The van der Waals surface area contributed by atoms with Gasteiger partial charge in [0, 0.05) is 0 Å². The smallest absolute Gasteiger partial charge is 0.338 e. The fraction of sp³-hybridized carbons (Fsp3) is 0.273. The summed E-state index contributed by atoms with van der Waals surface area (Å²) in [6.07, 6.45) is 0. The fourth-order valence-electron chi connectivity index (χ4n) is 1.28. The molecule has 0 radical (unpaired) electrons. The van der Waals surface area contributed by atoms with Gasteiger partial charge in [0.25, 0.3) is 0 Å². The Bertz CT molecular complexity index is 608. The minimum absolute atomic E-state index is 0.0191. The predicted molar refractivity (Wildman–Crippen MR) is 65.3 cm³/mol. The van der Waals surface area contributed by atoms with Crippen LogP contribution in [0, 0.1) is 0 Å². The number of ketones is 1. The van der Waals surface area contributed by atoms with Gasteiger partial charge in [0.15, 0.2) is 5.78 Å². The maximum Gasteiger partial charge on any atom is 0.338 e. The van der Waals surface area contributed by atoms with Crippen molar-refractivity contribution in [1.82, 2.24) is 0 Å². The second-order valence-corrected chi connectivity index (χ2v) is 5.22. The number of nitrogens with two attached hydrogens (primary N) is 1. The zero-order chi connectivity index (χ0) is 14.6. The van der Waals surface area contributed by atoms with Crippen LogP contribution in [-0.2, 0) is 19.6 Å². The maximum absolute atomic E-state index is 11.6. The first kappa shape index (κ1) is 15.1. The Hall–Kier alpha value is -1.93. The quantitative estimate of drug-likeness (QED) is 0.768. The SMILES string of the molecule is COc1ccc(C(=O)OCC(C)=O)cc1S(N)(=O)=O. The van der Waals surface area contributed by atoms with E-state index < -0.39 is 16.0 Å². The molecule has 1 aromatic carbocycles. The van der Waals surface area contributed by atoms with Crippen molar-refractivity contribution < 1.29 is 27.5 Å². The molecule has 0 amide bonds. The molecule has 1 aromatic rings. The van der Waals surface area contributed by atoms with Gasteiger partial charge in [0.05, 0.1) is 12.7 Å². The number of carbonyl (C=O) groups is 2. The Morgan fingerprint density at radius 3 is 2.42 bits per heavy atom. The van der Waals surface area contributed by atoms with Crippen molar-refractivity contribution in [3.05, 3.63) is 23.8 Å². The van der Waals surface area contributed by atoms with Crippen LogP contribution in [0.2, 0.25) is 0 Å². The fourth-order valence-corrected chi connectivity index (χ4v) is 2.00. The van der Waals surface area contributed by atoms with Crippen LogP contribution in [0.5, 0.6) is 5.75 Å². The van der Waals surface area contributed by atoms with Crippen LogP contribution in [0.3, 0.4) is 0 Å². The van der Waals surface area contributed by atoms with E-state index in [0.717, 1.165) is 6.07 Å². The summed E-state index contributed by atoms with van der Waals surface area (Å²) in [5.74, 6) is -1.12. The average Bonchev–Trinajstić information content (AvgIpc) is 2.34. The molecule has 0 aliphatic rings. The van der Waals surface area contributed by atoms with Gasteiger partial charge in [-0.25, -0.2) is 18.4 Å². The molecule has 1 rings (SSSR count). The van der Waals surface area contributed by atoms with Crippen LogP contribution in [0.25, 0.3) is 0 Å². The Morgan fingerprint density at radius 1 is 1.32 bits per heavy atom. The summed E-state index contributed by atoms with van der Waals surface area (Å²) in [6, 6.07) is 3.64. The minimum atomic E-state index is -4.03. The summed E-state index contributed by atoms with van der Waals surface area (Å²) in [7, 11) is -2.76. The number of ether oxygens (including phenoxy) is 2. The van der Waals surface area contributed by atoms with Gasteiger partial charge in [0.1, 0.15) is 17.3 Å². The largest absolute Gasteiger partial charge is 0.495 e. The van der Waals surface area contributed by atoms with E-state index in [4.69, 9.17) is 9.88 Å². The summed E-state index contributed by atoms with van der Waals surface area (Å²) >= 11 is 0. The molecular formula is C11H13NO6S. The summed E-state index contributed by atoms with van der Waals surface area (Å²) in [5.41, 5.74) is -0.0360. The Kier molecular flexibility index (Phi) is 4.62. The van der Waals surface area contributed by atoms with E-state index in [9.17, 15) is 18.0 Å². The second kappa shape index (κ2) is 5.81. The standard InChI is InChI=1S/C11H13NO6S/c1-7(13)6-18-11(14)8-3-4-9(17-2)10(5-8)19(12,15)16/h3-5H,6H2,1-2H3,(H2,12,15,16). The molecule has 0 heterocycles. The lowest BCUT2D eigenvalue weighted by atomic mass is 10.2. The Balaban J connectivity index is 3.12. The first-order valence-electron chi connectivity index (χ1n) is 5.13. The molecule has 7 nitrogen and oxygen atoms in total. The maximum atomic E-state index is 11.6. The zero-order valence-electron chi connectivity index (χ0n) is 10.4. The molecule has 104 valence electrons. The predicted octanol–water partition coefficient (Wildman–Crippen LogP) is 0.0884. The van der Waals surface area contributed by atoms with E-state index >= 15 is 0 Å². The molecule has 0 saturated carbocycles. The number of Topliss-reactive ketones (excluding diaryl/α,β-unsaturated/α-hetero) is 1. The lowest BCUT2D eigenvalue weighted by molar-refractivity contribution is -0.120. The normalized spacial score (nSPS) is 10.9. The first-order chi connectivity index (χ1) is 8.75. The molecule has 0 atom stereocenters. The highest BCUT2D eigenvalue weighted by molar-refractivity contribution is 7.89. The molecule has 0 aliphatic heterocycles. The minimum Gasteiger partial charge on any atom is -0.495 e. The first-order valence-corrected chi connectivity index (χ1v) is 6.67. The molecular weight excluding hydrogens is 274 g/mol. The highest BCUT2D eigenvalue weighted by atomic mass is 32.2. The number of primary sulfonamides is 1. The molecule has 0 unspecified atom stereocenters. The van der Waals surface area contributed by atoms with Gasteiger partial charge < -0.3 is 9.47 Å². The molecule has 8 heteroatoms. The molecule has 0 fully saturated rings. The van der Waals surface area contributed by atoms with Gasteiger partial charge in [-0.3, -0.25) is 4.79 Å². The van der Waals surface area contributed by atoms with Crippen LogP contribution >= 0.6 is 0 Å². The van der Waals surface area contributed by atoms with E-state index in [1.54, 1.807) is 0 Å². The average molecular weight is 287 g/mol. The molecule has 0 aliphatic carbocycles. The summed E-state index contributed by atoms with van der Waals surface area (Å²) in [5, 5.41) is 5.01. The van der Waals surface area contributed by atoms with Crippen LogP contribution in [0.4, 0.5) is 0 Å². The van der Waals surface area contributed by atoms with E-state index in [1.165, 1.54) is 26.2 Å². The van der Waals surface area contributed by atoms with Crippen molar-refractivity contribution >= 4 is 21.8 Å². The number of hydrogen-bond acceptors (Lipinski definition) is 6. The van der Waals surface area contributed by atoms with Gasteiger partial charge in [-0.05, 0) is 25.1 Å². The lowest BCUT2D eigenvalue weighted by Crippen LogP contribution is -2.16. The topological polar surface area (TPSA) is 113 Å². The monoisotopic (exact) mass is 287 g/mol. The van der Waals surface area contributed by atoms with Crippen LogP contribution in [0.1, 0.15) is 17.3 Å². The Labute approximate surface area is 110 Å². The van der Waals surface area contributed by atoms with Crippen molar-refractivity contribution in [3.8, 4) is 5.75 Å². The van der Waals surface area contributed by atoms with Gasteiger partial charge in [-0.2, -0.15) is 0 Å². The molecule has 0 saturated heterocycles. The van der Waals surface area contributed by atoms with Gasteiger partial charge in [-0.15, -0.1) is 0 Å². The number of carbonyl (C=O) groups excluding carboxylic acids is 2. The summed E-state index contributed by atoms with van der Waals surface area (Å²) < 4.78 is 32.2. The van der Waals surface area contributed by atoms with Crippen LogP contribution < -0.4 is 9.88 Å². The van der Waals surface area contributed by atoms with Crippen molar-refractivity contribution in [2.75, 3.05) is 13.7 Å². The van der Waals surface area contributed by atoms with Crippen molar-refractivity contribution in [3.63, 3.8) is 0 Å². The number of benzene rings is 1. The Morgan fingerprint density at radius 2 is 1.95 bits per heavy atom. The van der Waals surface area contributed by atoms with E-state index in [0.29, 0.717) is 0 Å². The van der Waals surface area contributed by atoms with Crippen molar-refractivity contribution in [2.24, 2.45) is 5.14 Å². The van der Waals surface area contributed by atoms with Crippen molar-refractivity contribution in [1.29, 1.82) is 0 Å².